The number of aromatic nitrogens is 2. The van der Waals surface area contributed by atoms with Crippen LogP contribution < -0.4 is 11.5 Å². The first-order valence-electron chi connectivity index (χ1n) is 6.45. The van der Waals surface area contributed by atoms with Gasteiger partial charge >= 0.3 is 11.9 Å². The van der Waals surface area contributed by atoms with E-state index in [4.69, 9.17) is 16.2 Å². The summed E-state index contributed by atoms with van der Waals surface area (Å²) in [5.74, 6) is -3.45. The summed E-state index contributed by atoms with van der Waals surface area (Å²) in [7, 11) is 0. The van der Waals surface area contributed by atoms with E-state index < -0.39 is 23.3 Å². The molecule has 2 aromatic rings. The molecule has 25 heavy (non-hydrogen) atoms. The molecule has 3 heterocycles. The molecule has 1 aliphatic heterocycles. The Morgan fingerprint density at radius 2 is 1.84 bits per heavy atom. The summed E-state index contributed by atoms with van der Waals surface area (Å²) >= 11 is 4.17. The van der Waals surface area contributed by atoms with Crippen LogP contribution in [-0.2, 0) is 14.3 Å². The number of rotatable bonds is 6. The lowest BCUT2D eigenvalue weighted by Crippen LogP contribution is -2.43. The van der Waals surface area contributed by atoms with Crippen LogP contribution in [0.2, 0.25) is 0 Å². The molecule has 0 radical (unpaired) electrons. The second-order valence-electron chi connectivity index (χ2n) is 4.65. The summed E-state index contributed by atoms with van der Waals surface area (Å²) in [6.45, 7) is 0. The molecule has 13 heteroatoms. The van der Waals surface area contributed by atoms with Crippen molar-refractivity contribution in [3.8, 4) is 0 Å². The van der Waals surface area contributed by atoms with Crippen molar-refractivity contribution in [1.82, 2.24) is 9.97 Å². The number of carboxylic acids is 1. The number of carbonyl (C=O) groups is 2. The summed E-state index contributed by atoms with van der Waals surface area (Å²) in [5, 5.41) is 20.6. The van der Waals surface area contributed by atoms with Crippen LogP contribution in [0, 0.1) is 0 Å². The van der Waals surface area contributed by atoms with Crippen molar-refractivity contribution in [1.29, 1.82) is 0 Å². The van der Waals surface area contributed by atoms with Gasteiger partial charge in [0, 0.05) is 0 Å². The lowest BCUT2D eigenvalue weighted by atomic mass is 10.1. The molecule has 1 atom stereocenters. The standard InChI is InChI=1S/C12H10N4O5S4/c13-4-1-15-10(23-4)22-3-12(9(19)20)7(6(17)8(18)21-12)25-11-16-2-5(14)24-11/h1-2,17H,3,13-14H2,(H,19,20). The van der Waals surface area contributed by atoms with Crippen molar-refractivity contribution < 1.29 is 24.5 Å². The predicted molar refractivity (Wildman–Crippen MR) is 95.7 cm³/mol. The van der Waals surface area contributed by atoms with Gasteiger partial charge in [-0.2, -0.15) is 0 Å². The van der Waals surface area contributed by atoms with Gasteiger partial charge in [-0.15, -0.1) is 0 Å². The Balaban J connectivity index is 1.92. The number of anilines is 2. The number of aliphatic hydroxyl groups is 1. The number of nitrogens with two attached hydrogens (primary N) is 2. The van der Waals surface area contributed by atoms with Gasteiger partial charge in [0.05, 0.1) is 23.1 Å². The van der Waals surface area contributed by atoms with E-state index in [-0.39, 0.29) is 10.7 Å². The summed E-state index contributed by atoms with van der Waals surface area (Å²) in [4.78, 5) is 31.6. The fraction of sp³-hybridized carbons (Fsp3) is 0.167. The number of aliphatic carboxylic acids is 1. The van der Waals surface area contributed by atoms with E-state index in [1.165, 1.54) is 23.7 Å². The highest BCUT2D eigenvalue weighted by molar-refractivity contribution is 8.05. The predicted octanol–water partition coefficient (Wildman–Crippen LogP) is 1.80. The first-order chi connectivity index (χ1) is 11.8. The molecule has 0 bridgehead atoms. The molecule has 2 aromatic heterocycles. The second-order valence-corrected chi connectivity index (χ2v) is 9.25. The number of hydrogen-bond acceptors (Lipinski definition) is 12. The van der Waals surface area contributed by atoms with E-state index >= 15 is 0 Å². The van der Waals surface area contributed by atoms with Gasteiger partial charge in [0.25, 0.3) is 5.60 Å². The van der Waals surface area contributed by atoms with E-state index in [0.29, 0.717) is 18.7 Å². The monoisotopic (exact) mass is 418 g/mol. The summed E-state index contributed by atoms with van der Waals surface area (Å²) in [5.41, 5.74) is 9.16. The number of cyclic esters (lactones) is 1. The number of hydrogen-bond donors (Lipinski definition) is 4. The Hall–Kier alpha value is -1.96. The number of aliphatic hydroxyl groups excluding tert-OH is 1. The first kappa shape index (κ1) is 17.8. The molecule has 0 fully saturated rings. The normalized spacial score (nSPS) is 20.1. The van der Waals surface area contributed by atoms with Crippen LogP contribution in [0.25, 0.3) is 0 Å². The number of carbonyl (C=O) groups excluding carboxylic acids is 1. The van der Waals surface area contributed by atoms with E-state index in [1.54, 1.807) is 0 Å². The third-order valence-electron chi connectivity index (χ3n) is 2.98. The highest BCUT2D eigenvalue weighted by Crippen LogP contribution is 2.47. The maximum absolute atomic E-state index is 11.9. The zero-order chi connectivity index (χ0) is 18.2. The molecule has 0 spiro atoms. The topological polar surface area (TPSA) is 162 Å². The summed E-state index contributed by atoms with van der Waals surface area (Å²) in [6, 6.07) is 0. The third-order valence-corrected chi connectivity index (χ3v) is 7.24. The SMILES string of the molecule is Nc1cnc(SCC2(C(=O)O)OC(=O)C(O)=C2Sc2ncc(N)s2)s1. The number of nitrogens with zero attached hydrogens (tertiary/aromatic N) is 2. The third kappa shape index (κ3) is 3.40. The smallest absolute Gasteiger partial charge is 0.375 e. The number of nitrogen functional groups attached to an aromatic ring is 2. The van der Waals surface area contributed by atoms with Crippen LogP contribution in [-0.4, -0.2) is 43.5 Å². The van der Waals surface area contributed by atoms with Crippen molar-refractivity contribution in [2.24, 2.45) is 0 Å². The average molecular weight is 419 g/mol. The molecular weight excluding hydrogens is 408 g/mol. The molecule has 0 amide bonds. The molecule has 0 aliphatic carbocycles. The van der Waals surface area contributed by atoms with E-state index in [9.17, 15) is 19.8 Å². The second kappa shape index (κ2) is 6.74. The van der Waals surface area contributed by atoms with Crippen LogP contribution in [0.4, 0.5) is 10.0 Å². The summed E-state index contributed by atoms with van der Waals surface area (Å²) in [6.07, 6.45) is 2.85. The van der Waals surface area contributed by atoms with Crippen LogP contribution in [0.5, 0.6) is 0 Å². The Kier molecular flexibility index (Phi) is 4.81. The maximum Gasteiger partial charge on any atom is 0.375 e. The van der Waals surface area contributed by atoms with Crippen molar-refractivity contribution in [2.75, 3.05) is 17.2 Å². The van der Waals surface area contributed by atoms with Gasteiger partial charge < -0.3 is 26.4 Å². The summed E-state index contributed by atoms with van der Waals surface area (Å²) < 4.78 is 5.93. The van der Waals surface area contributed by atoms with E-state index in [1.807, 2.05) is 0 Å². The lowest BCUT2D eigenvalue weighted by Gasteiger charge is -2.24. The fourth-order valence-electron chi connectivity index (χ4n) is 1.87. The molecule has 0 saturated carbocycles. The first-order valence-corrected chi connectivity index (χ1v) is 9.89. The Morgan fingerprint density at radius 1 is 1.24 bits per heavy atom. The van der Waals surface area contributed by atoms with Crippen molar-refractivity contribution >= 4 is 68.1 Å². The molecule has 0 saturated heterocycles. The lowest BCUT2D eigenvalue weighted by molar-refractivity contribution is -0.165. The highest BCUT2D eigenvalue weighted by Gasteiger charge is 2.55. The molecule has 1 aliphatic rings. The van der Waals surface area contributed by atoms with Gasteiger partial charge in [0.1, 0.15) is 10.0 Å². The molecular formula is C12H10N4O5S4. The van der Waals surface area contributed by atoms with Crippen LogP contribution in [0.3, 0.4) is 0 Å². The Morgan fingerprint density at radius 3 is 2.36 bits per heavy atom. The minimum atomic E-state index is -2.04. The maximum atomic E-state index is 11.9. The largest absolute Gasteiger partial charge is 0.501 e. The minimum Gasteiger partial charge on any atom is -0.501 e. The quantitative estimate of drug-likeness (QED) is 0.399. The number of esters is 1. The van der Waals surface area contributed by atoms with E-state index in [2.05, 4.69) is 9.97 Å². The van der Waals surface area contributed by atoms with Crippen LogP contribution in [0.15, 0.2) is 31.7 Å². The van der Waals surface area contributed by atoms with Gasteiger partial charge in [0.15, 0.2) is 8.68 Å². The fourth-order valence-corrected chi connectivity index (χ4v) is 5.80. The molecule has 1 unspecified atom stereocenters. The highest BCUT2D eigenvalue weighted by atomic mass is 32.2. The van der Waals surface area contributed by atoms with Crippen LogP contribution >= 0.6 is 46.2 Å². The van der Waals surface area contributed by atoms with Crippen molar-refractivity contribution in [2.45, 2.75) is 14.3 Å². The van der Waals surface area contributed by atoms with Crippen molar-refractivity contribution in [3.63, 3.8) is 0 Å². The number of thiazole rings is 2. The Labute approximate surface area is 157 Å². The van der Waals surface area contributed by atoms with Gasteiger partial charge in [-0.3, -0.25) is 0 Å². The Bertz CT molecular complexity index is 878. The van der Waals surface area contributed by atoms with Gasteiger partial charge in [-0.05, 0) is 0 Å². The molecule has 0 aromatic carbocycles. The van der Waals surface area contributed by atoms with Gasteiger partial charge in [0.2, 0.25) is 5.76 Å². The molecule has 9 nitrogen and oxygen atoms in total. The zero-order valence-electron chi connectivity index (χ0n) is 12.2. The van der Waals surface area contributed by atoms with Crippen molar-refractivity contribution in [3.05, 3.63) is 23.1 Å². The number of ether oxygens (including phenoxy) is 1. The number of carboxylic acid groups (broad SMARTS) is 1. The van der Waals surface area contributed by atoms with Crippen LogP contribution in [0.1, 0.15) is 0 Å². The molecule has 3 rings (SSSR count). The van der Waals surface area contributed by atoms with Gasteiger partial charge in [-0.25, -0.2) is 19.6 Å². The zero-order valence-corrected chi connectivity index (χ0v) is 15.4. The molecule has 132 valence electrons. The van der Waals surface area contributed by atoms with Gasteiger partial charge in [-0.1, -0.05) is 46.2 Å². The molecule has 6 N–H and O–H groups in total. The number of thioether (sulfide) groups is 2. The van der Waals surface area contributed by atoms with E-state index in [0.717, 1.165) is 34.9 Å². The minimum absolute atomic E-state index is 0.142. The average Bonchev–Trinajstić information content (AvgIpc) is 3.21.